The predicted molar refractivity (Wildman–Crippen MR) is 86.8 cm³/mol. The molecule has 1 atom stereocenters. The van der Waals surface area contributed by atoms with E-state index in [0.29, 0.717) is 18.5 Å². The van der Waals surface area contributed by atoms with Crippen LogP contribution in [0.5, 0.6) is 0 Å². The molecule has 1 aromatic rings. The van der Waals surface area contributed by atoms with Gasteiger partial charge in [-0.15, -0.1) is 0 Å². The Balaban J connectivity index is 1.44. The second-order valence-corrected chi connectivity index (χ2v) is 7.14. The van der Waals surface area contributed by atoms with E-state index >= 15 is 0 Å². The summed E-state index contributed by atoms with van der Waals surface area (Å²) in [5.41, 5.74) is 0. The maximum Gasteiger partial charge on any atom is 0.240 e. The minimum atomic E-state index is -0.129. The molecule has 1 N–H and O–H groups in total. The SMILES string of the molecule is CN(C)Cc1noc(CN2CCC(N3CCCC(O)C3)CC2)n1. The van der Waals surface area contributed by atoms with Gasteiger partial charge in [0.25, 0.3) is 0 Å². The van der Waals surface area contributed by atoms with E-state index in [9.17, 15) is 5.11 Å². The summed E-state index contributed by atoms with van der Waals surface area (Å²) in [5, 5.41) is 13.9. The molecule has 2 fully saturated rings. The van der Waals surface area contributed by atoms with Crippen LogP contribution in [0.1, 0.15) is 37.4 Å². The number of hydrogen-bond acceptors (Lipinski definition) is 7. The van der Waals surface area contributed by atoms with E-state index in [0.717, 1.165) is 64.2 Å². The van der Waals surface area contributed by atoms with Gasteiger partial charge in [0.1, 0.15) is 0 Å². The van der Waals surface area contributed by atoms with Gasteiger partial charge in [-0.3, -0.25) is 9.80 Å². The van der Waals surface area contributed by atoms with E-state index < -0.39 is 0 Å². The maximum absolute atomic E-state index is 9.84. The van der Waals surface area contributed by atoms with E-state index in [-0.39, 0.29) is 6.10 Å². The Morgan fingerprint density at radius 3 is 2.70 bits per heavy atom. The monoisotopic (exact) mass is 323 g/mol. The van der Waals surface area contributed by atoms with Crippen LogP contribution >= 0.6 is 0 Å². The quantitative estimate of drug-likeness (QED) is 0.849. The molecule has 1 unspecified atom stereocenters. The number of β-amino-alcohol motifs (C(OH)–C–C–N with tert-alkyl or cyclic N) is 1. The van der Waals surface area contributed by atoms with Crippen LogP contribution in [0.3, 0.4) is 0 Å². The van der Waals surface area contributed by atoms with Crippen LogP contribution in [-0.2, 0) is 13.1 Å². The molecular formula is C16H29N5O2. The van der Waals surface area contributed by atoms with Crippen LogP contribution in [0.25, 0.3) is 0 Å². The molecule has 2 aliphatic rings. The molecule has 0 bridgehead atoms. The first kappa shape index (κ1) is 16.8. The Kier molecular flexibility index (Phi) is 5.63. The van der Waals surface area contributed by atoms with Gasteiger partial charge in [-0.2, -0.15) is 4.98 Å². The maximum atomic E-state index is 9.84. The van der Waals surface area contributed by atoms with E-state index in [2.05, 4.69) is 19.9 Å². The first-order valence-corrected chi connectivity index (χ1v) is 8.71. The molecule has 7 heteroatoms. The predicted octanol–water partition coefficient (Wildman–Crippen LogP) is 0.552. The third-order valence-electron chi connectivity index (χ3n) is 4.83. The molecule has 3 rings (SSSR count). The number of nitrogens with zero attached hydrogens (tertiary/aromatic N) is 5. The van der Waals surface area contributed by atoms with E-state index in [1.807, 2.05) is 19.0 Å². The van der Waals surface area contributed by atoms with Crippen molar-refractivity contribution in [3.8, 4) is 0 Å². The molecule has 0 saturated carbocycles. The van der Waals surface area contributed by atoms with Gasteiger partial charge >= 0.3 is 0 Å². The minimum Gasteiger partial charge on any atom is -0.392 e. The molecule has 2 saturated heterocycles. The fourth-order valence-corrected chi connectivity index (χ4v) is 3.65. The molecule has 7 nitrogen and oxygen atoms in total. The molecule has 0 amide bonds. The number of aromatic nitrogens is 2. The lowest BCUT2D eigenvalue weighted by atomic mass is 9.99. The van der Waals surface area contributed by atoms with Crippen LogP contribution in [0.2, 0.25) is 0 Å². The van der Waals surface area contributed by atoms with Gasteiger partial charge in [0.15, 0.2) is 5.82 Å². The molecule has 0 radical (unpaired) electrons. The average Bonchev–Trinajstić information content (AvgIpc) is 2.94. The summed E-state index contributed by atoms with van der Waals surface area (Å²) < 4.78 is 5.35. The molecule has 0 spiro atoms. The normalized spacial score (nSPS) is 25.3. The fourth-order valence-electron chi connectivity index (χ4n) is 3.65. The Morgan fingerprint density at radius 2 is 2.00 bits per heavy atom. The number of aliphatic hydroxyl groups is 1. The first-order chi connectivity index (χ1) is 11.1. The third kappa shape index (κ3) is 4.73. The molecule has 1 aromatic heterocycles. The standard InChI is InChI=1S/C16H29N5O2/c1-19(2)11-15-17-16(23-18-15)12-20-8-5-13(6-9-20)21-7-3-4-14(22)10-21/h13-14,22H,3-12H2,1-2H3. The van der Waals surface area contributed by atoms with Crippen molar-refractivity contribution < 1.29 is 9.63 Å². The van der Waals surface area contributed by atoms with Gasteiger partial charge in [0.2, 0.25) is 5.89 Å². The molecule has 2 aliphatic heterocycles. The highest BCUT2D eigenvalue weighted by atomic mass is 16.5. The van der Waals surface area contributed by atoms with Crippen LogP contribution in [0.4, 0.5) is 0 Å². The largest absolute Gasteiger partial charge is 0.392 e. The van der Waals surface area contributed by atoms with E-state index in [1.54, 1.807) is 0 Å². The molecular weight excluding hydrogens is 294 g/mol. The number of piperidine rings is 2. The molecule has 0 aromatic carbocycles. The fraction of sp³-hybridized carbons (Fsp3) is 0.875. The average molecular weight is 323 g/mol. The van der Waals surface area contributed by atoms with Crippen molar-refractivity contribution in [3.63, 3.8) is 0 Å². The second kappa shape index (κ2) is 7.70. The smallest absolute Gasteiger partial charge is 0.240 e. The highest BCUT2D eigenvalue weighted by Crippen LogP contribution is 2.22. The van der Waals surface area contributed by atoms with Gasteiger partial charge in [-0.1, -0.05) is 5.16 Å². The van der Waals surface area contributed by atoms with Crippen molar-refractivity contribution in [1.29, 1.82) is 0 Å². The van der Waals surface area contributed by atoms with Gasteiger partial charge in [-0.25, -0.2) is 0 Å². The summed E-state index contributed by atoms with van der Waals surface area (Å²) in [6, 6.07) is 0.619. The minimum absolute atomic E-state index is 0.129. The molecule has 0 aliphatic carbocycles. The zero-order chi connectivity index (χ0) is 16.2. The number of aliphatic hydroxyl groups excluding tert-OH is 1. The third-order valence-corrected chi connectivity index (χ3v) is 4.83. The van der Waals surface area contributed by atoms with Crippen molar-refractivity contribution in [2.24, 2.45) is 0 Å². The lowest BCUT2D eigenvalue weighted by Gasteiger charge is -2.41. The summed E-state index contributed by atoms with van der Waals surface area (Å²) in [4.78, 5) is 11.4. The summed E-state index contributed by atoms with van der Waals surface area (Å²) in [7, 11) is 4.00. The topological polar surface area (TPSA) is 68.9 Å². The number of hydrogen-bond donors (Lipinski definition) is 1. The Bertz CT molecular complexity index is 485. The van der Waals surface area contributed by atoms with Crippen molar-refractivity contribution in [2.75, 3.05) is 40.3 Å². The van der Waals surface area contributed by atoms with Crippen molar-refractivity contribution in [2.45, 2.75) is 50.9 Å². The Hall–Kier alpha value is -1.02. The molecule has 130 valence electrons. The van der Waals surface area contributed by atoms with Crippen molar-refractivity contribution in [1.82, 2.24) is 24.8 Å². The second-order valence-electron chi connectivity index (χ2n) is 7.14. The lowest BCUT2D eigenvalue weighted by Crippen LogP contribution is -2.49. The summed E-state index contributed by atoms with van der Waals surface area (Å²) in [6.45, 7) is 5.56. The highest BCUT2D eigenvalue weighted by Gasteiger charge is 2.28. The van der Waals surface area contributed by atoms with E-state index in [4.69, 9.17) is 4.52 Å². The summed E-state index contributed by atoms with van der Waals surface area (Å²) in [5.74, 6) is 1.47. The van der Waals surface area contributed by atoms with Crippen molar-refractivity contribution >= 4 is 0 Å². The van der Waals surface area contributed by atoms with Gasteiger partial charge in [-0.05, 0) is 46.3 Å². The highest BCUT2D eigenvalue weighted by molar-refractivity contribution is 4.89. The summed E-state index contributed by atoms with van der Waals surface area (Å²) in [6.07, 6.45) is 4.27. The summed E-state index contributed by atoms with van der Waals surface area (Å²) >= 11 is 0. The number of likely N-dealkylation sites (tertiary alicyclic amines) is 2. The Labute approximate surface area is 138 Å². The number of rotatable bonds is 5. The van der Waals surface area contributed by atoms with Gasteiger partial charge < -0.3 is 14.5 Å². The van der Waals surface area contributed by atoms with Crippen LogP contribution in [0, 0.1) is 0 Å². The Morgan fingerprint density at radius 1 is 1.22 bits per heavy atom. The van der Waals surface area contributed by atoms with Gasteiger partial charge in [0, 0.05) is 25.7 Å². The zero-order valence-electron chi connectivity index (χ0n) is 14.3. The molecule has 3 heterocycles. The zero-order valence-corrected chi connectivity index (χ0v) is 14.3. The van der Waals surface area contributed by atoms with Crippen LogP contribution in [0.15, 0.2) is 4.52 Å². The first-order valence-electron chi connectivity index (χ1n) is 8.71. The van der Waals surface area contributed by atoms with Crippen LogP contribution in [-0.4, -0.2) is 82.4 Å². The molecule has 23 heavy (non-hydrogen) atoms. The van der Waals surface area contributed by atoms with E-state index in [1.165, 1.54) is 0 Å². The van der Waals surface area contributed by atoms with Crippen molar-refractivity contribution in [3.05, 3.63) is 11.7 Å². The van der Waals surface area contributed by atoms with Crippen LogP contribution < -0.4 is 0 Å². The van der Waals surface area contributed by atoms with Gasteiger partial charge in [0.05, 0.1) is 19.2 Å². The lowest BCUT2D eigenvalue weighted by molar-refractivity contribution is 0.0231.